The minimum absolute atomic E-state index is 0.315. The third kappa shape index (κ3) is 4.48. The number of aromatic nitrogens is 3. The highest BCUT2D eigenvalue weighted by atomic mass is 32.1. The summed E-state index contributed by atoms with van der Waals surface area (Å²) in [5.41, 5.74) is 1.30. The lowest BCUT2D eigenvalue weighted by Gasteiger charge is -2.09. The Morgan fingerprint density at radius 1 is 1.30 bits per heavy atom. The molecule has 3 aromatic rings. The van der Waals surface area contributed by atoms with Gasteiger partial charge in [0.25, 0.3) is 5.56 Å². The van der Waals surface area contributed by atoms with Crippen LogP contribution in [0, 0.1) is 13.8 Å². The number of halogens is 3. The van der Waals surface area contributed by atoms with E-state index in [9.17, 15) is 22.8 Å². The molecule has 0 saturated heterocycles. The van der Waals surface area contributed by atoms with Crippen molar-refractivity contribution in [3.63, 3.8) is 0 Å². The fourth-order valence-electron chi connectivity index (χ4n) is 3.27. The second-order valence-corrected chi connectivity index (χ2v) is 7.73. The molecule has 160 valence electrons. The quantitative estimate of drug-likeness (QED) is 0.618. The molecule has 0 aromatic carbocycles. The van der Waals surface area contributed by atoms with Crippen LogP contribution in [0.3, 0.4) is 0 Å². The molecule has 0 radical (unpaired) electrons. The minimum atomic E-state index is -4.77. The molecule has 0 aliphatic rings. The number of alkyl halides is 3. The second kappa shape index (κ2) is 8.47. The summed E-state index contributed by atoms with van der Waals surface area (Å²) >= 11 is 1.21. The molecule has 3 aromatic heterocycles. The highest BCUT2D eigenvalue weighted by molar-refractivity contribution is 7.14. The van der Waals surface area contributed by atoms with Gasteiger partial charge in [0.2, 0.25) is 5.91 Å². The maximum atomic E-state index is 12.9. The van der Waals surface area contributed by atoms with Crippen LogP contribution in [-0.2, 0) is 24.1 Å². The van der Waals surface area contributed by atoms with E-state index >= 15 is 0 Å². The zero-order valence-corrected chi connectivity index (χ0v) is 17.5. The number of hydrogen-bond acceptors (Lipinski definition) is 4. The third-order valence-corrected chi connectivity index (χ3v) is 5.44. The summed E-state index contributed by atoms with van der Waals surface area (Å²) in [6.45, 7) is 6.49. The van der Waals surface area contributed by atoms with E-state index in [0.29, 0.717) is 16.9 Å². The van der Waals surface area contributed by atoms with Crippen LogP contribution in [0.4, 0.5) is 18.3 Å². The molecule has 3 heterocycles. The Morgan fingerprint density at radius 2 is 2.03 bits per heavy atom. The van der Waals surface area contributed by atoms with Gasteiger partial charge in [0, 0.05) is 35.1 Å². The number of hydrogen-bond donors (Lipinski definition) is 1. The molecule has 0 atom stereocenters. The van der Waals surface area contributed by atoms with Crippen LogP contribution in [0.25, 0.3) is 11.3 Å². The first-order valence-corrected chi connectivity index (χ1v) is 10.2. The highest BCUT2D eigenvalue weighted by Gasteiger charge is 2.34. The van der Waals surface area contributed by atoms with E-state index in [1.165, 1.54) is 11.3 Å². The Morgan fingerprint density at radius 3 is 2.70 bits per heavy atom. The summed E-state index contributed by atoms with van der Waals surface area (Å²) in [5.74, 6) is -0.631. The highest BCUT2D eigenvalue weighted by Crippen LogP contribution is 2.30. The monoisotopic (exact) mass is 438 g/mol. The van der Waals surface area contributed by atoms with Crippen molar-refractivity contribution in [1.82, 2.24) is 14.1 Å². The third-order valence-electron chi connectivity index (χ3n) is 4.69. The first-order chi connectivity index (χ1) is 14.1. The van der Waals surface area contributed by atoms with E-state index in [0.717, 1.165) is 46.7 Å². The van der Waals surface area contributed by atoms with Gasteiger partial charge >= 0.3 is 6.18 Å². The Hall–Kier alpha value is -2.88. The molecule has 0 unspecified atom stereocenters. The van der Waals surface area contributed by atoms with Gasteiger partial charge in [0.15, 0.2) is 5.13 Å². The number of anilines is 1. The zero-order chi connectivity index (χ0) is 22.1. The lowest BCUT2D eigenvalue weighted by molar-refractivity contribution is -0.139. The number of carbonyl (C=O) groups is 1. The Labute approximate surface area is 175 Å². The molecule has 1 amide bonds. The summed E-state index contributed by atoms with van der Waals surface area (Å²) in [4.78, 5) is 28.6. The molecule has 0 saturated carbocycles. The van der Waals surface area contributed by atoms with Crippen molar-refractivity contribution >= 4 is 22.4 Å². The van der Waals surface area contributed by atoms with E-state index in [-0.39, 0.29) is 0 Å². The van der Waals surface area contributed by atoms with E-state index in [1.54, 1.807) is 0 Å². The molecule has 1 N–H and O–H groups in total. The van der Waals surface area contributed by atoms with Crippen LogP contribution >= 0.6 is 11.3 Å². The maximum absolute atomic E-state index is 12.9. The molecule has 6 nitrogen and oxygen atoms in total. The van der Waals surface area contributed by atoms with Gasteiger partial charge in [-0.05, 0) is 38.5 Å². The number of carbonyl (C=O) groups excluding carboxylic acids is 1. The van der Waals surface area contributed by atoms with Crippen LogP contribution in [0.15, 0.2) is 34.6 Å². The maximum Gasteiger partial charge on any atom is 0.421 e. The molecular formula is C20H21F3N4O2S. The molecule has 0 fully saturated rings. The van der Waals surface area contributed by atoms with Gasteiger partial charge in [-0.25, -0.2) is 4.98 Å². The molecule has 0 aliphatic carbocycles. The molecule has 30 heavy (non-hydrogen) atoms. The predicted octanol–water partition coefficient (Wildman–Crippen LogP) is 4.46. The first-order valence-electron chi connectivity index (χ1n) is 9.31. The second-order valence-electron chi connectivity index (χ2n) is 6.88. The zero-order valence-electron chi connectivity index (χ0n) is 16.7. The topological polar surface area (TPSA) is 68.9 Å². The Balaban J connectivity index is 1.75. The van der Waals surface area contributed by atoms with Crippen LogP contribution in [-0.4, -0.2) is 20.0 Å². The van der Waals surface area contributed by atoms with Gasteiger partial charge in [0.05, 0.1) is 5.69 Å². The predicted molar refractivity (Wildman–Crippen MR) is 110 cm³/mol. The van der Waals surface area contributed by atoms with Crippen molar-refractivity contribution in [2.24, 2.45) is 0 Å². The smallest absolute Gasteiger partial charge is 0.348 e. The lowest BCUT2D eigenvalue weighted by atomic mass is 10.2. The van der Waals surface area contributed by atoms with E-state index in [4.69, 9.17) is 0 Å². The number of nitrogens with zero attached hydrogens (tertiary/aromatic N) is 3. The number of nitrogens with one attached hydrogen (secondary N) is 1. The molecule has 10 heteroatoms. The lowest BCUT2D eigenvalue weighted by Crippen LogP contribution is -2.31. The number of amides is 1. The molecule has 0 bridgehead atoms. The van der Waals surface area contributed by atoms with Gasteiger partial charge < -0.3 is 14.5 Å². The van der Waals surface area contributed by atoms with Crippen LogP contribution < -0.4 is 10.9 Å². The van der Waals surface area contributed by atoms with Crippen molar-refractivity contribution < 1.29 is 18.0 Å². The SMILES string of the molecule is CCCn1c(C)cc(-c2csc(NC(=O)Cn3cccc(C(F)(F)F)c3=O)n2)c1C. The summed E-state index contributed by atoms with van der Waals surface area (Å²) in [6.07, 6.45) is -2.62. The number of rotatable bonds is 6. The van der Waals surface area contributed by atoms with E-state index < -0.39 is 29.8 Å². The number of thiazole rings is 1. The largest absolute Gasteiger partial charge is 0.421 e. The number of aryl methyl sites for hydroxylation is 1. The van der Waals surface area contributed by atoms with Crippen LogP contribution in [0.2, 0.25) is 0 Å². The molecule has 3 rings (SSSR count). The molecule has 0 spiro atoms. The van der Waals surface area contributed by atoms with Gasteiger partial charge in [0.1, 0.15) is 12.1 Å². The number of pyridine rings is 1. The van der Waals surface area contributed by atoms with Gasteiger partial charge in [-0.2, -0.15) is 13.2 Å². The summed E-state index contributed by atoms with van der Waals surface area (Å²) < 4.78 is 41.5. The van der Waals surface area contributed by atoms with Crippen molar-refractivity contribution in [2.75, 3.05) is 5.32 Å². The van der Waals surface area contributed by atoms with Crippen molar-refractivity contribution in [1.29, 1.82) is 0 Å². The first kappa shape index (κ1) is 21.8. The van der Waals surface area contributed by atoms with Gasteiger partial charge in [-0.3, -0.25) is 9.59 Å². The normalized spacial score (nSPS) is 11.7. The Bertz CT molecular complexity index is 1130. The summed E-state index contributed by atoms with van der Waals surface area (Å²) in [5, 5.41) is 4.68. The van der Waals surface area contributed by atoms with Crippen molar-refractivity contribution in [2.45, 2.75) is 46.5 Å². The van der Waals surface area contributed by atoms with Gasteiger partial charge in [-0.15, -0.1) is 11.3 Å². The summed E-state index contributed by atoms with van der Waals surface area (Å²) in [7, 11) is 0. The fourth-order valence-corrected chi connectivity index (χ4v) is 4.00. The van der Waals surface area contributed by atoms with E-state index in [1.807, 2.05) is 25.3 Å². The average molecular weight is 438 g/mol. The standard InChI is InChI=1S/C20H21F3N4O2S/c1-4-7-27-12(2)9-14(13(27)3)16-11-30-19(24-16)25-17(28)10-26-8-5-6-15(18(26)29)20(21,22)23/h5-6,8-9,11H,4,7,10H2,1-3H3,(H,24,25,28). The van der Waals surface area contributed by atoms with Crippen LogP contribution in [0.5, 0.6) is 0 Å². The fraction of sp³-hybridized carbons (Fsp3) is 0.350. The van der Waals surface area contributed by atoms with Gasteiger partial charge in [-0.1, -0.05) is 6.92 Å². The van der Waals surface area contributed by atoms with Crippen LogP contribution in [0.1, 0.15) is 30.3 Å². The van der Waals surface area contributed by atoms with Crippen molar-refractivity contribution in [3.8, 4) is 11.3 Å². The Kier molecular flexibility index (Phi) is 6.16. The minimum Gasteiger partial charge on any atom is -0.348 e. The molecule has 0 aliphatic heterocycles. The van der Waals surface area contributed by atoms with Crippen molar-refractivity contribution in [3.05, 3.63) is 57.1 Å². The average Bonchev–Trinajstić information content (AvgIpc) is 3.22. The van der Waals surface area contributed by atoms with E-state index in [2.05, 4.69) is 21.8 Å². The summed E-state index contributed by atoms with van der Waals surface area (Å²) in [6, 6.07) is 3.82. The molecular weight excluding hydrogens is 417 g/mol.